The lowest BCUT2D eigenvalue weighted by Gasteiger charge is -2.07. The van der Waals surface area contributed by atoms with Gasteiger partial charge in [-0.25, -0.2) is 0 Å². The number of benzene rings is 2. The van der Waals surface area contributed by atoms with E-state index in [1.807, 2.05) is 60.8 Å². The number of anilines is 1. The molecule has 0 radical (unpaired) electrons. The van der Waals surface area contributed by atoms with E-state index < -0.39 is 0 Å². The molecule has 2 heterocycles. The normalized spacial score (nSPS) is 10.9. The molecule has 0 saturated carbocycles. The van der Waals surface area contributed by atoms with Gasteiger partial charge in [-0.05, 0) is 24.3 Å². The molecule has 22 heavy (non-hydrogen) atoms. The van der Waals surface area contributed by atoms with Gasteiger partial charge in [0.15, 0.2) is 0 Å². The molecule has 4 nitrogen and oxygen atoms in total. The first-order valence-electron chi connectivity index (χ1n) is 7.03. The Labute approximate surface area is 126 Å². The van der Waals surface area contributed by atoms with Gasteiger partial charge in [0.1, 0.15) is 0 Å². The number of H-pyrrole nitrogens is 1. The van der Waals surface area contributed by atoms with Crippen molar-refractivity contribution < 1.29 is 4.79 Å². The number of hydrogen-bond acceptors (Lipinski definition) is 2. The summed E-state index contributed by atoms with van der Waals surface area (Å²) >= 11 is 0. The Balaban J connectivity index is 1.69. The molecular weight excluding hydrogens is 274 g/mol. The van der Waals surface area contributed by atoms with Gasteiger partial charge in [-0.3, -0.25) is 9.78 Å². The van der Waals surface area contributed by atoms with Gasteiger partial charge in [0.25, 0.3) is 5.91 Å². The van der Waals surface area contributed by atoms with Crippen LogP contribution in [0.2, 0.25) is 0 Å². The highest BCUT2D eigenvalue weighted by Gasteiger charge is 2.11. The smallest absolute Gasteiger partial charge is 0.257 e. The molecule has 0 bridgehead atoms. The van der Waals surface area contributed by atoms with Crippen LogP contribution in [0, 0.1) is 0 Å². The standard InChI is InChI=1S/C18H13N3O/c22-18(15-6-3-5-12-8-9-19-17(12)15)21-14-10-13-4-1-2-7-16(13)20-11-14/h1-11,19H,(H,21,22). The number of fused-ring (bicyclic) bond motifs is 2. The number of rotatable bonds is 2. The fourth-order valence-corrected chi connectivity index (χ4v) is 2.61. The largest absolute Gasteiger partial charge is 0.361 e. The summed E-state index contributed by atoms with van der Waals surface area (Å²) in [5.74, 6) is -0.148. The molecular formula is C18H13N3O. The maximum atomic E-state index is 12.5. The summed E-state index contributed by atoms with van der Waals surface area (Å²) in [7, 11) is 0. The molecule has 0 aliphatic carbocycles. The van der Waals surface area contributed by atoms with Crippen molar-refractivity contribution in [3.8, 4) is 0 Å². The van der Waals surface area contributed by atoms with E-state index in [1.165, 1.54) is 0 Å². The zero-order valence-electron chi connectivity index (χ0n) is 11.7. The van der Waals surface area contributed by atoms with Crippen LogP contribution in [-0.2, 0) is 0 Å². The van der Waals surface area contributed by atoms with Crippen molar-refractivity contribution >= 4 is 33.4 Å². The van der Waals surface area contributed by atoms with E-state index in [0.29, 0.717) is 11.3 Å². The topological polar surface area (TPSA) is 57.8 Å². The molecule has 4 rings (SSSR count). The highest BCUT2D eigenvalue weighted by molar-refractivity contribution is 6.12. The summed E-state index contributed by atoms with van der Waals surface area (Å²) in [5.41, 5.74) is 3.06. The molecule has 0 fully saturated rings. The maximum absolute atomic E-state index is 12.5. The molecule has 0 saturated heterocycles. The molecule has 0 aliphatic heterocycles. The highest BCUT2D eigenvalue weighted by atomic mass is 16.1. The molecule has 2 aromatic heterocycles. The van der Waals surface area contributed by atoms with Crippen LogP contribution in [-0.4, -0.2) is 15.9 Å². The van der Waals surface area contributed by atoms with Crippen LogP contribution in [0.25, 0.3) is 21.8 Å². The maximum Gasteiger partial charge on any atom is 0.257 e. The Morgan fingerprint density at radius 2 is 1.86 bits per heavy atom. The number of aromatic amines is 1. The lowest BCUT2D eigenvalue weighted by molar-refractivity contribution is 0.102. The number of pyridine rings is 1. The summed E-state index contributed by atoms with van der Waals surface area (Å²) in [4.78, 5) is 20.0. The molecule has 4 aromatic rings. The second-order valence-corrected chi connectivity index (χ2v) is 5.12. The zero-order chi connectivity index (χ0) is 14.9. The molecule has 4 heteroatoms. The van der Waals surface area contributed by atoms with Gasteiger partial charge in [-0.1, -0.05) is 30.3 Å². The van der Waals surface area contributed by atoms with Crippen LogP contribution >= 0.6 is 0 Å². The first-order chi connectivity index (χ1) is 10.8. The van der Waals surface area contributed by atoms with Crippen LogP contribution in [0.3, 0.4) is 0 Å². The SMILES string of the molecule is O=C(Nc1cnc2ccccc2c1)c1cccc2cc[nH]c12. The van der Waals surface area contributed by atoms with E-state index >= 15 is 0 Å². The highest BCUT2D eigenvalue weighted by Crippen LogP contribution is 2.20. The van der Waals surface area contributed by atoms with Crippen molar-refractivity contribution in [1.82, 2.24) is 9.97 Å². The van der Waals surface area contributed by atoms with Gasteiger partial charge in [0, 0.05) is 17.0 Å². The fraction of sp³-hybridized carbons (Fsp3) is 0. The Morgan fingerprint density at radius 1 is 1.00 bits per heavy atom. The monoisotopic (exact) mass is 287 g/mol. The third kappa shape index (κ3) is 2.11. The summed E-state index contributed by atoms with van der Waals surface area (Å²) in [6.45, 7) is 0. The van der Waals surface area contributed by atoms with Crippen molar-refractivity contribution in [3.63, 3.8) is 0 Å². The number of nitrogens with zero attached hydrogens (tertiary/aromatic N) is 1. The number of aromatic nitrogens is 2. The predicted octanol–water partition coefficient (Wildman–Crippen LogP) is 3.97. The summed E-state index contributed by atoms with van der Waals surface area (Å²) < 4.78 is 0. The first kappa shape index (κ1) is 12.6. The zero-order valence-corrected chi connectivity index (χ0v) is 11.7. The lowest BCUT2D eigenvalue weighted by Crippen LogP contribution is -2.12. The molecule has 1 amide bonds. The van der Waals surface area contributed by atoms with E-state index in [2.05, 4.69) is 15.3 Å². The van der Waals surface area contributed by atoms with Crippen LogP contribution in [0.4, 0.5) is 5.69 Å². The fourth-order valence-electron chi connectivity index (χ4n) is 2.61. The molecule has 0 spiro atoms. The number of carbonyl (C=O) groups excluding carboxylic acids is 1. The van der Waals surface area contributed by atoms with Crippen molar-refractivity contribution in [3.05, 3.63) is 72.6 Å². The van der Waals surface area contributed by atoms with Crippen molar-refractivity contribution in [2.75, 3.05) is 5.32 Å². The van der Waals surface area contributed by atoms with E-state index in [9.17, 15) is 4.79 Å². The third-order valence-corrected chi connectivity index (χ3v) is 3.68. The Bertz CT molecular complexity index is 988. The summed E-state index contributed by atoms with van der Waals surface area (Å²) in [5, 5.41) is 4.93. The van der Waals surface area contributed by atoms with Gasteiger partial charge >= 0.3 is 0 Å². The number of nitrogens with one attached hydrogen (secondary N) is 2. The van der Waals surface area contributed by atoms with Gasteiger partial charge in [-0.2, -0.15) is 0 Å². The average Bonchev–Trinajstić information content (AvgIpc) is 3.03. The molecule has 2 aromatic carbocycles. The van der Waals surface area contributed by atoms with Crippen LogP contribution in [0.5, 0.6) is 0 Å². The summed E-state index contributed by atoms with van der Waals surface area (Å²) in [6, 6.07) is 17.4. The average molecular weight is 287 g/mol. The Morgan fingerprint density at radius 3 is 2.82 bits per heavy atom. The number of carbonyl (C=O) groups is 1. The van der Waals surface area contributed by atoms with Gasteiger partial charge in [0.05, 0.1) is 28.5 Å². The minimum atomic E-state index is -0.148. The molecule has 2 N–H and O–H groups in total. The van der Waals surface area contributed by atoms with Crippen LogP contribution in [0.1, 0.15) is 10.4 Å². The van der Waals surface area contributed by atoms with Crippen molar-refractivity contribution in [1.29, 1.82) is 0 Å². The Kier molecular flexibility index (Phi) is 2.86. The summed E-state index contributed by atoms with van der Waals surface area (Å²) in [6.07, 6.45) is 3.51. The van der Waals surface area contributed by atoms with E-state index in [0.717, 1.165) is 21.8 Å². The second kappa shape index (κ2) is 5.00. The van der Waals surface area contributed by atoms with Crippen LogP contribution in [0.15, 0.2) is 67.0 Å². The van der Waals surface area contributed by atoms with Crippen molar-refractivity contribution in [2.45, 2.75) is 0 Å². The minimum Gasteiger partial charge on any atom is -0.361 e. The number of hydrogen-bond donors (Lipinski definition) is 2. The molecule has 106 valence electrons. The molecule has 0 atom stereocenters. The van der Waals surface area contributed by atoms with Crippen LogP contribution < -0.4 is 5.32 Å². The molecule has 0 unspecified atom stereocenters. The van der Waals surface area contributed by atoms with Gasteiger partial charge < -0.3 is 10.3 Å². The third-order valence-electron chi connectivity index (χ3n) is 3.68. The van der Waals surface area contributed by atoms with E-state index in [4.69, 9.17) is 0 Å². The predicted molar refractivity (Wildman–Crippen MR) is 88.0 cm³/mol. The Hall–Kier alpha value is -3.14. The number of para-hydroxylation sites is 2. The first-order valence-corrected chi connectivity index (χ1v) is 7.03. The molecule has 0 aliphatic rings. The van der Waals surface area contributed by atoms with E-state index in [1.54, 1.807) is 6.20 Å². The lowest BCUT2D eigenvalue weighted by atomic mass is 10.1. The van der Waals surface area contributed by atoms with Gasteiger partial charge in [0.2, 0.25) is 0 Å². The minimum absolute atomic E-state index is 0.148. The van der Waals surface area contributed by atoms with Gasteiger partial charge in [-0.15, -0.1) is 0 Å². The van der Waals surface area contributed by atoms with E-state index in [-0.39, 0.29) is 5.91 Å². The number of amides is 1. The quantitative estimate of drug-likeness (QED) is 0.586. The second-order valence-electron chi connectivity index (χ2n) is 5.12. The van der Waals surface area contributed by atoms with Crippen molar-refractivity contribution in [2.24, 2.45) is 0 Å².